The molecule has 0 aliphatic heterocycles. The van der Waals surface area contributed by atoms with E-state index in [1.54, 1.807) is 12.1 Å². The molecule has 0 aliphatic carbocycles. The number of aromatic nitrogens is 2. The van der Waals surface area contributed by atoms with Crippen molar-refractivity contribution in [1.82, 2.24) is 10.2 Å². The molecule has 1 heterocycles. The van der Waals surface area contributed by atoms with Crippen LogP contribution >= 0.6 is 0 Å². The highest BCUT2D eigenvalue weighted by Gasteiger charge is 2.04. The molecule has 6 heteroatoms. The van der Waals surface area contributed by atoms with Crippen molar-refractivity contribution in [2.24, 2.45) is 0 Å². The molecule has 70 valence electrons. The van der Waals surface area contributed by atoms with E-state index in [0.717, 1.165) is 6.20 Å². The lowest BCUT2D eigenvalue weighted by atomic mass is 10.3. The van der Waals surface area contributed by atoms with E-state index in [-0.39, 0.29) is 0 Å². The molecule has 14 heavy (non-hydrogen) atoms. The van der Waals surface area contributed by atoms with Crippen molar-refractivity contribution in [2.75, 3.05) is 5.32 Å². The largest absolute Gasteiger partial charge is 0.477 e. The van der Waals surface area contributed by atoms with Gasteiger partial charge in [-0.3, -0.25) is 0 Å². The molecule has 0 aromatic carbocycles. The molecule has 0 aliphatic rings. The van der Waals surface area contributed by atoms with E-state index < -0.39 is 11.5 Å². The van der Waals surface area contributed by atoms with Crippen LogP contribution in [0.3, 0.4) is 0 Å². The van der Waals surface area contributed by atoms with Gasteiger partial charge in [-0.25, -0.2) is 4.79 Å². The van der Waals surface area contributed by atoms with Crippen molar-refractivity contribution in [3.8, 4) is 6.07 Å². The van der Waals surface area contributed by atoms with Gasteiger partial charge in [0.2, 0.25) is 0 Å². The van der Waals surface area contributed by atoms with Gasteiger partial charge < -0.3 is 10.4 Å². The van der Waals surface area contributed by atoms with E-state index in [2.05, 4.69) is 15.5 Å². The molecule has 0 unspecified atom stereocenters. The molecule has 0 radical (unpaired) electrons. The van der Waals surface area contributed by atoms with Crippen LogP contribution in [0.4, 0.5) is 5.82 Å². The first-order valence-corrected chi connectivity index (χ1v) is 3.62. The third kappa shape index (κ3) is 2.57. The SMILES string of the molecule is N#CC(=CNc1cccnn1)C(=O)O. The number of anilines is 1. The Balaban J connectivity index is 2.73. The molecule has 2 N–H and O–H groups in total. The summed E-state index contributed by atoms with van der Waals surface area (Å²) in [4.78, 5) is 10.4. The predicted molar refractivity (Wildman–Crippen MR) is 47.0 cm³/mol. The quantitative estimate of drug-likeness (QED) is 0.528. The van der Waals surface area contributed by atoms with Crippen LogP contribution < -0.4 is 5.32 Å². The van der Waals surface area contributed by atoms with Gasteiger partial charge in [0, 0.05) is 12.4 Å². The molecular formula is C8H6N4O2. The van der Waals surface area contributed by atoms with Gasteiger partial charge in [-0.2, -0.15) is 10.4 Å². The number of carbonyl (C=O) groups is 1. The van der Waals surface area contributed by atoms with Crippen LogP contribution in [0.2, 0.25) is 0 Å². The van der Waals surface area contributed by atoms with Crippen LogP contribution in [0, 0.1) is 11.3 Å². The Hall–Kier alpha value is -2.42. The van der Waals surface area contributed by atoms with Gasteiger partial charge >= 0.3 is 5.97 Å². The first-order valence-electron chi connectivity index (χ1n) is 3.62. The molecular weight excluding hydrogens is 184 g/mol. The van der Waals surface area contributed by atoms with Crippen LogP contribution in [0.25, 0.3) is 0 Å². The first-order chi connectivity index (χ1) is 6.74. The normalized spacial score (nSPS) is 10.4. The Morgan fingerprint density at radius 3 is 3.00 bits per heavy atom. The third-order valence-corrected chi connectivity index (χ3v) is 1.29. The minimum atomic E-state index is -1.29. The van der Waals surface area contributed by atoms with Gasteiger partial charge in [-0.15, -0.1) is 5.10 Å². The number of nitrogens with zero attached hydrogens (tertiary/aromatic N) is 3. The van der Waals surface area contributed by atoms with Crippen molar-refractivity contribution < 1.29 is 9.90 Å². The van der Waals surface area contributed by atoms with E-state index in [9.17, 15) is 4.79 Å². The van der Waals surface area contributed by atoms with Crippen molar-refractivity contribution >= 4 is 11.8 Å². The Labute approximate surface area is 79.5 Å². The third-order valence-electron chi connectivity index (χ3n) is 1.29. The van der Waals surface area contributed by atoms with E-state index in [1.165, 1.54) is 12.3 Å². The molecule has 1 aromatic rings. The van der Waals surface area contributed by atoms with Crippen molar-refractivity contribution in [3.05, 3.63) is 30.1 Å². The van der Waals surface area contributed by atoms with Crippen molar-refractivity contribution in [3.63, 3.8) is 0 Å². The molecule has 0 fully saturated rings. The maximum atomic E-state index is 10.4. The summed E-state index contributed by atoms with van der Waals surface area (Å²) < 4.78 is 0. The zero-order chi connectivity index (χ0) is 10.4. The van der Waals surface area contributed by atoms with Gasteiger partial charge in [0.05, 0.1) is 0 Å². The van der Waals surface area contributed by atoms with Crippen LogP contribution in [-0.2, 0) is 4.79 Å². The number of hydrogen-bond acceptors (Lipinski definition) is 5. The van der Waals surface area contributed by atoms with E-state index in [4.69, 9.17) is 10.4 Å². The second-order valence-electron chi connectivity index (χ2n) is 2.23. The lowest BCUT2D eigenvalue weighted by Gasteiger charge is -1.96. The van der Waals surface area contributed by atoms with E-state index >= 15 is 0 Å². The summed E-state index contributed by atoms with van der Waals surface area (Å²) in [7, 11) is 0. The predicted octanol–water partition coefficient (Wildman–Crippen LogP) is 0.381. The lowest BCUT2D eigenvalue weighted by Crippen LogP contribution is -2.02. The lowest BCUT2D eigenvalue weighted by molar-refractivity contribution is -0.132. The van der Waals surface area contributed by atoms with Gasteiger partial charge in [0.15, 0.2) is 11.4 Å². The fraction of sp³-hybridized carbons (Fsp3) is 0. The summed E-state index contributed by atoms with van der Waals surface area (Å²) in [5, 5.41) is 26.6. The Morgan fingerprint density at radius 1 is 1.71 bits per heavy atom. The van der Waals surface area contributed by atoms with E-state index in [1.807, 2.05) is 0 Å². The number of aliphatic carboxylic acids is 1. The minimum absolute atomic E-state index is 0.376. The second kappa shape index (κ2) is 4.57. The van der Waals surface area contributed by atoms with Gasteiger partial charge in [0.1, 0.15) is 6.07 Å². The number of carboxylic acid groups (broad SMARTS) is 1. The molecule has 0 saturated heterocycles. The van der Waals surface area contributed by atoms with Crippen LogP contribution in [0.5, 0.6) is 0 Å². The minimum Gasteiger partial charge on any atom is -0.477 e. The van der Waals surface area contributed by atoms with Gasteiger partial charge in [0.25, 0.3) is 0 Å². The molecule has 0 amide bonds. The van der Waals surface area contributed by atoms with Gasteiger partial charge in [-0.05, 0) is 12.1 Å². The molecule has 0 bridgehead atoms. The topological polar surface area (TPSA) is 98.9 Å². The zero-order valence-electron chi connectivity index (χ0n) is 7.01. The highest BCUT2D eigenvalue weighted by Crippen LogP contribution is 1.99. The standard InChI is InChI=1S/C8H6N4O2/c9-4-6(8(13)14)5-10-7-2-1-3-11-12-7/h1-3,5H,(H,10,12)(H,13,14). The maximum absolute atomic E-state index is 10.4. The fourth-order valence-corrected chi connectivity index (χ4v) is 0.666. The molecule has 0 saturated carbocycles. The number of nitriles is 1. The van der Waals surface area contributed by atoms with E-state index in [0.29, 0.717) is 5.82 Å². The number of nitrogens with one attached hydrogen (secondary N) is 1. The zero-order valence-corrected chi connectivity index (χ0v) is 7.01. The van der Waals surface area contributed by atoms with Crippen LogP contribution in [0.1, 0.15) is 0 Å². The summed E-state index contributed by atoms with van der Waals surface area (Å²) in [5.41, 5.74) is -0.393. The monoisotopic (exact) mass is 190 g/mol. The Morgan fingerprint density at radius 2 is 2.50 bits per heavy atom. The average Bonchev–Trinajstić information content (AvgIpc) is 2.20. The summed E-state index contributed by atoms with van der Waals surface area (Å²) in [5.74, 6) is -0.912. The van der Waals surface area contributed by atoms with Crippen molar-refractivity contribution in [1.29, 1.82) is 5.26 Å². The molecule has 6 nitrogen and oxygen atoms in total. The second-order valence-corrected chi connectivity index (χ2v) is 2.23. The number of rotatable bonds is 3. The molecule has 1 aromatic heterocycles. The smallest absolute Gasteiger partial charge is 0.347 e. The Bertz CT molecular complexity index is 394. The summed E-state index contributed by atoms with van der Waals surface area (Å²) in [6, 6.07) is 4.76. The number of carboxylic acids is 1. The van der Waals surface area contributed by atoms with Crippen LogP contribution in [-0.4, -0.2) is 21.3 Å². The van der Waals surface area contributed by atoms with Crippen LogP contribution in [0.15, 0.2) is 30.1 Å². The highest BCUT2D eigenvalue weighted by atomic mass is 16.4. The molecule has 0 atom stereocenters. The summed E-state index contributed by atoms with van der Waals surface area (Å²) >= 11 is 0. The molecule has 0 spiro atoms. The maximum Gasteiger partial charge on any atom is 0.347 e. The van der Waals surface area contributed by atoms with Gasteiger partial charge in [-0.1, -0.05) is 0 Å². The highest BCUT2D eigenvalue weighted by molar-refractivity contribution is 5.91. The summed E-state index contributed by atoms with van der Waals surface area (Å²) in [6.45, 7) is 0. The Kier molecular flexibility index (Phi) is 3.15. The fourth-order valence-electron chi connectivity index (χ4n) is 0.666. The average molecular weight is 190 g/mol. The summed E-state index contributed by atoms with van der Waals surface area (Å²) in [6.07, 6.45) is 2.55. The number of hydrogen-bond donors (Lipinski definition) is 2. The first kappa shape index (κ1) is 9.67. The van der Waals surface area contributed by atoms with Crippen molar-refractivity contribution in [2.45, 2.75) is 0 Å². The molecule has 1 rings (SSSR count).